The molecule has 0 spiro atoms. The van der Waals surface area contributed by atoms with Crippen molar-refractivity contribution in [2.75, 3.05) is 39.3 Å². The Balaban J connectivity index is 1.39. The lowest BCUT2D eigenvalue weighted by Gasteiger charge is -2.35. The average molecular weight is 1480 g/mol. The van der Waals surface area contributed by atoms with Gasteiger partial charge in [0.05, 0.1) is 12.7 Å². The monoisotopic (exact) mass is 1480 g/mol. The Morgan fingerprint density at radius 2 is 0.886 bits per heavy atom. The van der Waals surface area contributed by atoms with E-state index in [1.165, 1.54) is 50.8 Å². The molecule has 0 aromatic heterocycles. The number of unbranched alkanes of at least 4 members (excludes halogenated alkanes) is 6. The smallest absolute Gasteiger partial charge is 0.303 e. The number of carbonyl (C=O) groups excluding carboxylic acids is 14. The molecule has 34 heteroatoms. The number of phenols is 1. The number of amides is 14. The summed E-state index contributed by atoms with van der Waals surface area (Å²) in [7, 11) is 0. The molecule has 34 nitrogen and oxygen atoms in total. The first-order valence-electron chi connectivity index (χ1n) is 37.3. The molecule has 1 aromatic carbocycles. The van der Waals surface area contributed by atoms with Crippen molar-refractivity contribution in [3.8, 4) is 5.75 Å². The third kappa shape index (κ3) is 24.2. The summed E-state index contributed by atoms with van der Waals surface area (Å²) in [6.45, 7) is 7.09. The Bertz CT molecular complexity index is 3230. The van der Waals surface area contributed by atoms with E-state index in [1.807, 2.05) is 6.92 Å². The normalized spacial score (nSPS) is 28.0. The maximum Gasteiger partial charge on any atom is 0.303 e. The van der Waals surface area contributed by atoms with E-state index in [1.54, 1.807) is 13.8 Å². The van der Waals surface area contributed by atoms with Crippen molar-refractivity contribution in [1.82, 2.24) is 67.5 Å². The highest BCUT2D eigenvalue weighted by Gasteiger charge is 2.48. The van der Waals surface area contributed by atoms with Crippen molar-refractivity contribution in [2.45, 2.75) is 273 Å². The van der Waals surface area contributed by atoms with Gasteiger partial charge < -0.3 is 99.3 Å². The van der Waals surface area contributed by atoms with Crippen LogP contribution in [0.3, 0.4) is 0 Å². The van der Waals surface area contributed by atoms with Crippen LogP contribution in [0.25, 0.3) is 0 Å². The van der Waals surface area contributed by atoms with Crippen LogP contribution in [0.15, 0.2) is 24.3 Å². The Kier molecular flexibility index (Phi) is 33.6. The molecule has 1 aromatic rings. The molecule has 5 aliphatic heterocycles. The fourth-order valence-electron chi connectivity index (χ4n) is 14.1. The van der Waals surface area contributed by atoms with Crippen molar-refractivity contribution in [1.29, 1.82) is 0 Å². The first-order valence-corrected chi connectivity index (χ1v) is 37.3. The predicted molar refractivity (Wildman–Crippen MR) is 378 cm³/mol. The number of aromatic hydroxyl groups is 1. The Morgan fingerprint density at radius 3 is 1.36 bits per heavy atom. The van der Waals surface area contributed by atoms with E-state index in [0.717, 1.165) is 32.6 Å². The largest absolute Gasteiger partial charge is 0.508 e. The standard InChI is InChI=1S/C71H111N15O19/c1-6-8-9-10-11-12-19-46-60(94)76-48(30-32-56(91)92)63(97)82-58(42(5)88)67(101)74-41(4)59(93)80-50(39-87)64(98)81-57(40(3)7-2)71(105)86-37-18-24-54(86)70(104)84-35-16-22-52(84)66(100)78-47(29-31-55(73)90)62(96)75-45(20-13-14-33-72)61(95)79-49(38-43-25-27-44(89)28-26-43)68(102)85-36-17-23-53(85)69(103)83-34-15-21-51(83)65(99)77-46/h25-28,40-42,45-54,57-58,87-89H,6-24,29-39,72H2,1-5H3,(H2,73,90)(H,74,101)(H,75,96)(H,76,94)(H,77,99)(H,78,100)(H,79,95)(H,80,93)(H,81,98)(H,82,97)(H,91,92). The van der Waals surface area contributed by atoms with Crippen LogP contribution in [0.4, 0.5) is 0 Å². The molecule has 15 unspecified atom stereocenters. The van der Waals surface area contributed by atoms with Gasteiger partial charge in [-0.15, -0.1) is 0 Å². The first kappa shape index (κ1) is 84.9. The number of nitrogens with one attached hydrogen (secondary N) is 9. The number of carboxylic acids is 1. The van der Waals surface area contributed by atoms with Gasteiger partial charge in [0.1, 0.15) is 84.3 Å². The summed E-state index contributed by atoms with van der Waals surface area (Å²) in [4.78, 5) is 219. The summed E-state index contributed by atoms with van der Waals surface area (Å²) in [6.07, 6.45) is 3.29. The fraction of sp³-hybridized carbons (Fsp3) is 0.704. The summed E-state index contributed by atoms with van der Waals surface area (Å²) < 4.78 is 0. The number of fused-ring (bicyclic) bond motifs is 4. The molecule has 14 amide bonds. The topological polar surface area (TPSA) is 510 Å². The highest BCUT2D eigenvalue weighted by Crippen LogP contribution is 2.30. The number of carbonyl (C=O) groups is 15. The zero-order chi connectivity index (χ0) is 77.2. The van der Waals surface area contributed by atoms with Crippen molar-refractivity contribution < 1.29 is 92.3 Å². The van der Waals surface area contributed by atoms with Gasteiger partial charge in [0.2, 0.25) is 82.7 Å². The molecule has 5 aliphatic rings. The first-order chi connectivity index (χ1) is 50.0. The molecule has 0 bridgehead atoms. The van der Waals surface area contributed by atoms with E-state index in [4.69, 9.17) is 11.5 Å². The minimum Gasteiger partial charge on any atom is -0.508 e. The number of benzene rings is 1. The summed E-state index contributed by atoms with van der Waals surface area (Å²) >= 11 is 0. The number of nitrogens with two attached hydrogens (primary N) is 2. The van der Waals surface area contributed by atoms with E-state index >= 15 is 9.59 Å². The highest BCUT2D eigenvalue weighted by atomic mass is 16.4. The van der Waals surface area contributed by atoms with Gasteiger partial charge in [-0.2, -0.15) is 0 Å². The Labute approximate surface area is 611 Å². The Hall–Kier alpha value is -9.05. The number of primary amides is 1. The van der Waals surface area contributed by atoms with Crippen LogP contribution in [0, 0.1) is 5.92 Å². The second kappa shape index (κ2) is 41.6. The van der Waals surface area contributed by atoms with Crippen LogP contribution in [-0.2, 0) is 78.3 Å². The van der Waals surface area contributed by atoms with Crippen molar-refractivity contribution in [2.24, 2.45) is 17.4 Å². The number of carboxylic acid groups (broad SMARTS) is 1. The van der Waals surface area contributed by atoms with Gasteiger partial charge >= 0.3 is 5.97 Å². The van der Waals surface area contributed by atoms with Gasteiger partial charge in [0.15, 0.2) is 0 Å². The number of hydrogen-bond donors (Lipinski definition) is 15. The van der Waals surface area contributed by atoms with Gasteiger partial charge in [-0.05, 0) is 134 Å². The summed E-state index contributed by atoms with van der Waals surface area (Å²) in [5, 5.41) is 64.6. The number of aliphatic hydroxyl groups excluding tert-OH is 2. The summed E-state index contributed by atoms with van der Waals surface area (Å²) in [5.74, 6) is -14.3. The number of phenolic OH excluding ortho intramolecular Hbond substituents is 1. The van der Waals surface area contributed by atoms with Gasteiger partial charge in [0.25, 0.3) is 0 Å². The summed E-state index contributed by atoms with van der Waals surface area (Å²) in [5.41, 5.74) is 11.9. The molecule has 105 heavy (non-hydrogen) atoms. The maximum atomic E-state index is 15.3. The van der Waals surface area contributed by atoms with E-state index in [-0.39, 0.29) is 96.3 Å². The number of hydrogen-bond acceptors (Lipinski definition) is 19. The molecule has 6 rings (SSSR count). The van der Waals surface area contributed by atoms with Crippen molar-refractivity contribution in [3.05, 3.63) is 29.8 Å². The zero-order valence-corrected chi connectivity index (χ0v) is 61.0. The van der Waals surface area contributed by atoms with Crippen LogP contribution in [0.1, 0.15) is 188 Å². The van der Waals surface area contributed by atoms with Gasteiger partial charge in [0, 0.05) is 45.4 Å². The van der Waals surface area contributed by atoms with E-state index in [0.29, 0.717) is 56.9 Å². The van der Waals surface area contributed by atoms with E-state index in [2.05, 4.69) is 47.9 Å². The quantitative estimate of drug-likeness (QED) is 0.0514. The maximum absolute atomic E-state index is 15.3. The Morgan fingerprint density at radius 1 is 0.476 bits per heavy atom. The molecule has 5 saturated heterocycles. The average Bonchev–Trinajstić information content (AvgIpc) is 1.68. The number of aliphatic hydroxyl groups is 2. The second-order valence-corrected chi connectivity index (χ2v) is 28.3. The minimum atomic E-state index is -1.88. The minimum absolute atomic E-state index is 0.00909. The molecule has 15 atom stereocenters. The second-order valence-electron chi connectivity index (χ2n) is 28.3. The molecular formula is C71H111N15O19. The molecule has 0 saturated carbocycles. The van der Waals surface area contributed by atoms with Gasteiger partial charge in [-0.1, -0.05) is 77.8 Å². The van der Waals surface area contributed by atoms with E-state index in [9.17, 15) is 82.8 Å². The molecular weight excluding hydrogens is 1370 g/mol. The molecule has 0 radical (unpaired) electrons. The van der Waals surface area contributed by atoms with Crippen LogP contribution < -0.4 is 59.3 Å². The molecule has 584 valence electrons. The van der Waals surface area contributed by atoms with E-state index < -0.39 is 205 Å². The SMILES string of the molecule is CCCCCCCCC1NC(=O)C2CCCN2C(=O)C2CCCN2C(=O)C(Cc2ccc(O)cc2)NC(=O)C(CCCCN)NC(=O)C(CCC(N)=O)NC(=O)C2CCCN2C(=O)C2CCCN2C(=O)C(C(C)CC)NC(=O)C(CO)NC(=O)C(C)NC(=O)C(C(C)O)NC(=O)C(CCC(=O)O)NC1=O. The highest BCUT2D eigenvalue weighted by molar-refractivity contribution is 6.01. The molecule has 0 aliphatic carbocycles. The van der Waals surface area contributed by atoms with Crippen LogP contribution in [0.2, 0.25) is 0 Å². The van der Waals surface area contributed by atoms with Gasteiger partial charge in [-0.25, -0.2) is 0 Å². The predicted octanol–water partition coefficient (Wildman–Crippen LogP) is -2.28. The van der Waals surface area contributed by atoms with Gasteiger partial charge in [-0.3, -0.25) is 71.9 Å². The van der Waals surface area contributed by atoms with Crippen molar-refractivity contribution >= 4 is 88.7 Å². The molecule has 5 heterocycles. The number of rotatable bonds is 23. The van der Waals surface area contributed by atoms with Crippen LogP contribution >= 0.6 is 0 Å². The molecule has 5 fully saturated rings. The lowest BCUT2D eigenvalue weighted by molar-refractivity contribution is -0.149. The van der Waals surface area contributed by atoms with Crippen LogP contribution in [0.5, 0.6) is 5.75 Å². The third-order valence-corrected chi connectivity index (χ3v) is 20.4. The third-order valence-electron chi connectivity index (χ3n) is 20.4. The lowest BCUT2D eigenvalue weighted by Crippen LogP contribution is -2.62. The zero-order valence-electron chi connectivity index (χ0n) is 61.0. The van der Waals surface area contributed by atoms with Crippen molar-refractivity contribution in [3.63, 3.8) is 0 Å². The van der Waals surface area contributed by atoms with Crippen LogP contribution in [-0.4, -0.2) is 253 Å². The number of aliphatic carboxylic acids is 1. The molecule has 17 N–H and O–H groups in total. The summed E-state index contributed by atoms with van der Waals surface area (Å²) in [6, 6.07) is -13.0. The lowest BCUT2D eigenvalue weighted by atomic mass is 9.96. The number of nitrogens with zero attached hydrogens (tertiary/aromatic N) is 4. The fourth-order valence-corrected chi connectivity index (χ4v) is 14.1.